The van der Waals surface area contributed by atoms with Gasteiger partial charge >= 0.3 is 12.1 Å². The van der Waals surface area contributed by atoms with Crippen LogP contribution in [0.1, 0.15) is 36.8 Å². The third kappa shape index (κ3) is 4.15. The van der Waals surface area contributed by atoms with Gasteiger partial charge in [-0.05, 0) is 36.8 Å². The van der Waals surface area contributed by atoms with E-state index in [2.05, 4.69) is 0 Å². The lowest BCUT2D eigenvalue weighted by atomic mass is 9.84. The van der Waals surface area contributed by atoms with Crippen LogP contribution in [0.5, 0.6) is 0 Å². The molecule has 6 amide bonds. The zero-order valence-corrected chi connectivity index (χ0v) is 22.3. The molecule has 0 spiro atoms. The first-order valence-corrected chi connectivity index (χ1v) is 13.8. The van der Waals surface area contributed by atoms with Crippen molar-refractivity contribution in [3.8, 4) is 0 Å². The molecular weight excluding hydrogens is 504 g/mol. The van der Waals surface area contributed by atoms with Crippen LogP contribution in [-0.2, 0) is 22.7 Å². The first-order chi connectivity index (χ1) is 19.5. The number of urea groups is 2. The molecule has 4 aliphatic rings. The van der Waals surface area contributed by atoms with E-state index in [1.165, 1.54) is 9.80 Å². The Hall–Kier alpha value is -4.46. The van der Waals surface area contributed by atoms with E-state index in [-0.39, 0.29) is 37.0 Å². The lowest BCUT2D eigenvalue weighted by Crippen LogP contribution is -2.51. The number of rotatable bonds is 8. The van der Waals surface area contributed by atoms with Gasteiger partial charge in [0.1, 0.15) is 11.1 Å². The molecule has 2 saturated heterocycles. The topological polar surface area (TPSA) is 81.2 Å². The Bertz CT molecular complexity index is 1310. The van der Waals surface area contributed by atoms with Crippen molar-refractivity contribution in [3.63, 3.8) is 0 Å². The number of fused-ring (bicyclic) bond motifs is 2. The van der Waals surface area contributed by atoms with Gasteiger partial charge in [-0.3, -0.25) is 19.4 Å². The molecule has 0 bridgehead atoms. The first kappa shape index (κ1) is 25.8. The fraction of sp³-hybridized carbons (Fsp3) is 0.312. The molecule has 2 atom stereocenters. The van der Waals surface area contributed by atoms with Crippen LogP contribution in [0.2, 0.25) is 0 Å². The van der Waals surface area contributed by atoms with Crippen molar-refractivity contribution < 1.29 is 19.2 Å². The summed E-state index contributed by atoms with van der Waals surface area (Å²) in [4.78, 5) is 60.2. The van der Waals surface area contributed by atoms with E-state index in [1.807, 2.05) is 97.1 Å². The molecule has 0 aliphatic carbocycles. The highest BCUT2D eigenvalue weighted by Gasteiger charge is 2.58. The Labute approximate surface area is 233 Å². The average molecular weight is 537 g/mol. The summed E-state index contributed by atoms with van der Waals surface area (Å²) in [6, 6.07) is 18.5. The molecule has 40 heavy (non-hydrogen) atoms. The van der Waals surface area contributed by atoms with Gasteiger partial charge in [-0.1, -0.05) is 97.1 Å². The van der Waals surface area contributed by atoms with Crippen molar-refractivity contribution in [2.24, 2.45) is 0 Å². The predicted molar refractivity (Wildman–Crippen MR) is 150 cm³/mol. The Morgan fingerprint density at radius 3 is 1.38 bits per heavy atom. The Morgan fingerprint density at radius 2 is 0.975 bits per heavy atom. The van der Waals surface area contributed by atoms with Gasteiger partial charge in [0, 0.05) is 13.1 Å². The van der Waals surface area contributed by atoms with Crippen molar-refractivity contribution in [1.29, 1.82) is 0 Å². The Balaban J connectivity index is 1.20. The third-order valence-electron chi connectivity index (χ3n) is 8.51. The molecule has 8 heteroatoms. The van der Waals surface area contributed by atoms with E-state index in [0.717, 1.165) is 11.1 Å². The summed E-state index contributed by atoms with van der Waals surface area (Å²) < 4.78 is 0. The maximum absolute atomic E-state index is 13.7. The number of imide groups is 2. The predicted octanol–water partition coefficient (Wildman–Crippen LogP) is 4.65. The molecule has 0 N–H and O–H groups in total. The number of nitrogens with zero attached hydrogens (tertiary/aromatic N) is 4. The molecule has 4 heterocycles. The van der Waals surface area contributed by atoms with Crippen LogP contribution in [-0.4, -0.2) is 67.6 Å². The number of carbonyl (C=O) groups is 4. The fourth-order valence-electron chi connectivity index (χ4n) is 6.31. The number of benzene rings is 2. The van der Waals surface area contributed by atoms with E-state index in [0.29, 0.717) is 38.8 Å². The van der Waals surface area contributed by atoms with Crippen LogP contribution < -0.4 is 0 Å². The molecule has 0 aromatic heterocycles. The van der Waals surface area contributed by atoms with Gasteiger partial charge in [-0.2, -0.15) is 0 Å². The van der Waals surface area contributed by atoms with Gasteiger partial charge in [0.25, 0.3) is 11.8 Å². The number of hydrogen-bond donors (Lipinski definition) is 0. The highest BCUT2D eigenvalue weighted by atomic mass is 16.2. The summed E-state index contributed by atoms with van der Waals surface area (Å²) in [5.74, 6) is -0.395. The van der Waals surface area contributed by atoms with E-state index in [1.54, 1.807) is 9.80 Å². The number of carbonyl (C=O) groups excluding carboxylic acids is 4. The average Bonchev–Trinajstić information content (AvgIpc) is 3.33. The van der Waals surface area contributed by atoms with Crippen LogP contribution in [0.4, 0.5) is 9.59 Å². The molecule has 8 nitrogen and oxygen atoms in total. The second kappa shape index (κ2) is 10.3. The van der Waals surface area contributed by atoms with Gasteiger partial charge in [0.05, 0.1) is 13.1 Å². The number of amides is 6. The minimum absolute atomic E-state index is 0.197. The fourth-order valence-corrected chi connectivity index (χ4v) is 6.31. The lowest BCUT2D eigenvalue weighted by molar-refractivity contribution is -0.134. The SMILES string of the molecule is O=C1N(Cc2ccccc2)C(=O)[C@@]2(C/C=C/C[C@]34CC=CCN3C(=O)N(Cc3ccccc3)C4=O)CC=CCN12. The molecule has 2 aromatic rings. The molecule has 204 valence electrons. The Morgan fingerprint density at radius 1 is 0.575 bits per heavy atom. The van der Waals surface area contributed by atoms with E-state index >= 15 is 0 Å². The molecular formula is C32H32N4O4. The summed E-state index contributed by atoms with van der Waals surface area (Å²) >= 11 is 0. The van der Waals surface area contributed by atoms with E-state index < -0.39 is 11.1 Å². The van der Waals surface area contributed by atoms with Crippen molar-refractivity contribution in [1.82, 2.24) is 19.6 Å². The maximum Gasteiger partial charge on any atom is 0.328 e. The smallest absolute Gasteiger partial charge is 0.305 e. The van der Waals surface area contributed by atoms with Crippen LogP contribution in [0.3, 0.4) is 0 Å². The minimum atomic E-state index is -0.976. The molecule has 0 radical (unpaired) electrons. The summed E-state index contributed by atoms with van der Waals surface area (Å²) in [6.45, 7) is 1.23. The molecule has 6 rings (SSSR count). The van der Waals surface area contributed by atoms with Crippen molar-refractivity contribution >= 4 is 23.9 Å². The second-order valence-corrected chi connectivity index (χ2v) is 10.8. The Kier molecular flexibility index (Phi) is 6.62. The van der Waals surface area contributed by atoms with E-state index in [9.17, 15) is 19.2 Å². The highest BCUT2D eigenvalue weighted by molar-refractivity contribution is 6.08. The van der Waals surface area contributed by atoms with Crippen LogP contribution in [0.25, 0.3) is 0 Å². The molecule has 0 unspecified atom stereocenters. The number of hydrogen-bond acceptors (Lipinski definition) is 4. The maximum atomic E-state index is 13.7. The van der Waals surface area contributed by atoms with Gasteiger partial charge in [0.15, 0.2) is 0 Å². The second-order valence-electron chi connectivity index (χ2n) is 10.8. The summed E-state index contributed by atoms with van der Waals surface area (Å²) in [6.07, 6.45) is 13.2. The molecule has 0 saturated carbocycles. The van der Waals surface area contributed by atoms with Crippen LogP contribution in [0, 0.1) is 0 Å². The van der Waals surface area contributed by atoms with Gasteiger partial charge in [0.2, 0.25) is 0 Å². The van der Waals surface area contributed by atoms with Crippen molar-refractivity contribution in [2.75, 3.05) is 13.1 Å². The normalized spacial score (nSPS) is 25.9. The first-order valence-electron chi connectivity index (χ1n) is 13.8. The summed E-state index contributed by atoms with van der Waals surface area (Å²) in [5.41, 5.74) is -0.153. The molecule has 2 fully saturated rings. The van der Waals surface area contributed by atoms with Crippen molar-refractivity contribution in [3.05, 3.63) is 108 Å². The zero-order valence-electron chi connectivity index (χ0n) is 22.3. The highest BCUT2D eigenvalue weighted by Crippen LogP contribution is 2.40. The molecule has 4 aliphatic heterocycles. The van der Waals surface area contributed by atoms with Gasteiger partial charge < -0.3 is 9.80 Å². The minimum Gasteiger partial charge on any atom is -0.305 e. The largest absolute Gasteiger partial charge is 0.328 e. The van der Waals surface area contributed by atoms with Crippen LogP contribution in [0.15, 0.2) is 97.1 Å². The zero-order chi connectivity index (χ0) is 27.7. The van der Waals surface area contributed by atoms with Gasteiger partial charge in [-0.25, -0.2) is 9.59 Å². The standard InChI is InChI=1S/C32H32N4O4/c37-27-31(19-9-11-21-35(31)29(39)33(27)23-25-13-3-1-4-14-25)17-7-8-18-32-20-10-12-22-36(32)30(40)34(28(32)38)24-26-15-5-2-6-16-26/h1-16H,17-24H2/b8-7+/t31-,32-/m1/s1. The molecule has 2 aromatic carbocycles. The summed E-state index contributed by atoms with van der Waals surface area (Å²) in [7, 11) is 0. The summed E-state index contributed by atoms with van der Waals surface area (Å²) in [5, 5.41) is 0. The van der Waals surface area contributed by atoms with Gasteiger partial charge in [-0.15, -0.1) is 0 Å². The lowest BCUT2D eigenvalue weighted by Gasteiger charge is -2.36. The van der Waals surface area contributed by atoms with Crippen molar-refractivity contribution in [2.45, 2.75) is 49.9 Å². The monoisotopic (exact) mass is 536 g/mol. The van der Waals surface area contributed by atoms with Crippen LogP contribution >= 0.6 is 0 Å². The van der Waals surface area contributed by atoms with E-state index in [4.69, 9.17) is 0 Å². The third-order valence-corrected chi connectivity index (χ3v) is 8.51. The quantitative estimate of drug-likeness (QED) is 0.363.